The van der Waals surface area contributed by atoms with Crippen molar-refractivity contribution in [2.75, 3.05) is 7.05 Å². The van der Waals surface area contributed by atoms with Gasteiger partial charge in [-0.25, -0.2) is 0 Å². The maximum absolute atomic E-state index is 2.33. The van der Waals surface area contributed by atoms with Crippen molar-refractivity contribution in [1.82, 2.24) is 4.90 Å². The molecule has 0 radical (unpaired) electrons. The van der Waals surface area contributed by atoms with Gasteiger partial charge in [0.25, 0.3) is 0 Å². The van der Waals surface area contributed by atoms with Gasteiger partial charge in [-0.1, -0.05) is 19.4 Å². The van der Waals surface area contributed by atoms with Gasteiger partial charge >= 0.3 is 0 Å². The lowest BCUT2D eigenvalue weighted by Crippen LogP contribution is -2.25. The van der Waals surface area contributed by atoms with Crippen molar-refractivity contribution in [3.8, 4) is 0 Å². The Labute approximate surface area is 77.5 Å². The zero-order valence-electron chi connectivity index (χ0n) is 9.60. The molecule has 0 aliphatic heterocycles. The molecule has 0 atom stereocenters. The quantitative estimate of drug-likeness (QED) is 0.626. The molecule has 0 aromatic rings. The van der Waals surface area contributed by atoms with Crippen LogP contribution in [0.3, 0.4) is 0 Å². The lowest BCUT2D eigenvalue weighted by molar-refractivity contribution is 0.338. The van der Waals surface area contributed by atoms with E-state index in [2.05, 4.69) is 53.5 Å². The van der Waals surface area contributed by atoms with Crippen LogP contribution in [0.5, 0.6) is 0 Å². The van der Waals surface area contributed by atoms with Crippen LogP contribution in [0.1, 0.15) is 41.5 Å². The Kier molecular flexibility index (Phi) is 4.36. The van der Waals surface area contributed by atoms with Crippen molar-refractivity contribution < 1.29 is 0 Å². The molecule has 0 unspecified atom stereocenters. The van der Waals surface area contributed by atoms with Gasteiger partial charge in [-0.3, -0.25) is 0 Å². The number of nitrogens with zero attached hydrogens (tertiary/aromatic N) is 1. The van der Waals surface area contributed by atoms with Crippen LogP contribution in [0.4, 0.5) is 0 Å². The van der Waals surface area contributed by atoms with E-state index in [1.54, 1.807) is 0 Å². The first-order chi connectivity index (χ1) is 5.37. The van der Waals surface area contributed by atoms with Crippen LogP contribution in [0.2, 0.25) is 0 Å². The molecule has 0 N–H and O–H groups in total. The van der Waals surface area contributed by atoms with Crippen LogP contribution in [0, 0.1) is 5.92 Å². The first-order valence-electron chi connectivity index (χ1n) is 4.78. The highest BCUT2D eigenvalue weighted by Crippen LogP contribution is 2.17. The van der Waals surface area contributed by atoms with Crippen LogP contribution in [-0.2, 0) is 0 Å². The fourth-order valence-electron chi connectivity index (χ4n) is 1.08. The Morgan fingerprint density at radius 2 is 1.42 bits per heavy atom. The van der Waals surface area contributed by atoms with Gasteiger partial charge in [0.2, 0.25) is 0 Å². The maximum Gasteiger partial charge on any atom is 0.0227 e. The van der Waals surface area contributed by atoms with E-state index >= 15 is 0 Å². The molecule has 0 amide bonds. The molecule has 1 heteroatoms. The summed E-state index contributed by atoms with van der Waals surface area (Å²) >= 11 is 0. The first kappa shape index (κ1) is 11.5. The van der Waals surface area contributed by atoms with E-state index in [0.29, 0.717) is 12.0 Å². The van der Waals surface area contributed by atoms with Crippen molar-refractivity contribution >= 4 is 0 Å². The van der Waals surface area contributed by atoms with E-state index in [4.69, 9.17) is 0 Å². The Hall–Kier alpha value is -0.460. The summed E-state index contributed by atoms with van der Waals surface area (Å²) in [4.78, 5) is 2.33. The molecule has 12 heavy (non-hydrogen) atoms. The molecule has 0 heterocycles. The number of hydrogen-bond acceptors (Lipinski definition) is 1. The normalized spacial score (nSPS) is 13.8. The molecule has 0 aliphatic carbocycles. The average molecular weight is 169 g/mol. The molecule has 72 valence electrons. The highest BCUT2D eigenvalue weighted by Gasteiger charge is 2.08. The van der Waals surface area contributed by atoms with Crippen molar-refractivity contribution in [2.24, 2.45) is 5.92 Å². The summed E-state index contributed by atoms with van der Waals surface area (Å²) in [5.74, 6) is 0.659. The second-order valence-electron chi connectivity index (χ2n) is 4.13. The molecule has 0 saturated heterocycles. The van der Waals surface area contributed by atoms with Gasteiger partial charge in [0, 0.05) is 18.8 Å². The smallest absolute Gasteiger partial charge is 0.0227 e. The van der Waals surface area contributed by atoms with Gasteiger partial charge in [-0.2, -0.15) is 0 Å². The van der Waals surface area contributed by atoms with Crippen molar-refractivity contribution in [1.29, 1.82) is 0 Å². The summed E-state index contributed by atoms with van der Waals surface area (Å²) in [6, 6.07) is 0.596. The topological polar surface area (TPSA) is 3.24 Å². The van der Waals surface area contributed by atoms with Crippen LogP contribution in [0.15, 0.2) is 11.3 Å². The minimum atomic E-state index is 0.596. The summed E-state index contributed by atoms with van der Waals surface area (Å²) in [7, 11) is 2.16. The van der Waals surface area contributed by atoms with Gasteiger partial charge in [-0.05, 0) is 33.6 Å². The summed E-state index contributed by atoms with van der Waals surface area (Å²) < 4.78 is 0. The van der Waals surface area contributed by atoms with Crippen molar-refractivity contribution in [2.45, 2.75) is 47.6 Å². The molecule has 0 spiro atoms. The highest BCUT2D eigenvalue weighted by molar-refractivity contribution is 5.10. The third kappa shape index (κ3) is 2.88. The van der Waals surface area contributed by atoms with E-state index in [1.807, 2.05) is 0 Å². The largest absolute Gasteiger partial charge is 0.376 e. The minimum absolute atomic E-state index is 0.596. The number of rotatable bonds is 3. The maximum atomic E-state index is 2.33. The minimum Gasteiger partial charge on any atom is -0.376 e. The molecule has 0 bridgehead atoms. The van der Waals surface area contributed by atoms with E-state index in [0.717, 1.165) is 0 Å². The molecule has 1 nitrogen and oxygen atoms in total. The lowest BCUT2D eigenvalue weighted by Gasteiger charge is -2.27. The molecule has 0 fully saturated rings. The molecular formula is C11H23N. The van der Waals surface area contributed by atoms with E-state index in [-0.39, 0.29) is 0 Å². The summed E-state index contributed by atoms with van der Waals surface area (Å²) in [5, 5.41) is 0. The predicted octanol–water partition coefficient (Wildman–Crippen LogP) is 3.28. The zero-order valence-corrected chi connectivity index (χ0v) is 9.60. The fraction of sp³-hybridized carbons (Fsp3) is 0.818. The Morgan fingerprint density at radius 1 is 1.00 bits per heavy atom. The third-order valence-corrected chi connectivity index (χ3v) is 2.74. The van der Waals surface area contributed by atoms with Crippen LogP contribution < -0.4 is 0 Å². The standard InChI is InChI=1S/C11H23N/c1-8(2)10(5)11(6)12(7)9(3)4/h8-9H,1-7H3/b11-10+. The second-order valence-corrected chi connectivity index (χ2v) is 4.13. The SMILES string of the molecule is C/C(=C(/C)N(C)C(C)C)C(C)C. The third-order valence-electron chi connectivity index (χ3n) is 2.74. The molecule has 0 aromatic carbocycles. The van der Waals surface area contributed by atoms with Gasteiger partial charge in [-0.15, -0.1) is 0 Å². The van der Waals surface area contributed by atoms with Crippen molar-refractivity contribution in [3.05, 3.63) is 11.3 Å². The van der Waals surface area contributed by atoms with Crippen molar-refractivity contribution in [3.63, 3.8) is 0 Å². The Bertz CT molecular complexity index is 166. The zero-order chi connectivity index (χ0) is 9.89. The molecular weight excluding hydrogens is 146 g/mol. The van der Waals surface area contributed by atoms with Crippen LogP contribution in [0.25, 0.3) is 0 Å². The summed E-state index contributed by atoms with van der Waals surface area (Å²) in [6.45, 7) is 13.3. The molecule has 0 rings (SSSR count). The van der Waals surface area contributed by atoms with Crippen LogP contribution in [-0.4, -0.2) is 18.0 Å². The average Bonchev–Trinajstić information content (AvgIpc) is 2.00. The monoisotopic (exact) mass is 169 g/mol. The number of allylic oxidation sites excluding steroid dienone is 2. The van der Waals surface area contributed by atoms with E-state index in [9.17, 15) is 0 Å². The van der Waals surface area contributed by atoms with Gasteiger partial charge in [0.15, 0.2) is 0 Å². The molecule has 0 saturated carbocycles. The summed E-state index contributed by atoms with van der Waals surface area (Å²) in [6.07, 6.45) is 0. The second kappa shape index (κ2) is 4.54. The summed E-state index contributed by atoms with van der Waals surface area (Å²) in [5.41, 5.74) is 2.91. The van der Waals surface area contributed by atoms with Crippen LogP contribution >= 0.6 is 0 Å². The number of hydrogen-bond donors (Lipinski definition) is 0. The van der Waals surface area contributed by atoms with Gasteiger partial charge < -0.3 is 4.90 Å². The molecule has 0 aromatic heterocycles. The van der Waals surface area contributed by atoms with Gasteiger partial charge in [0.05, 0.1) is 0 Å². The first-order valence-corrected chi connectivity index (χ1v) is 4.78. The predicted molar refractivity (Wildman–Crippen MR) is 56.1 cm³/mol. The highest BCUT2D eigenvalue weighted by atomic mass is 15.1. The Morgan fingerprint density at radius 3 is 1.67 bits per heavy atom. The van der Waals surface area contributed by atoms with E-state index in [1.165, 1.54) is 11.3 Å². The molecule has 0 aliphatic rings. The van der Waals surface area contributed by atoms with E-state index < -0.39 is 0 Å². The lowest BCUT2D eigenvalue weighted by atomic mass is 10.0. The fourth-order valence-corrected chi connectivity index (χ4v) is 1.08. The Balaban J connectivity index is 4.54. The van der Waals surface area contributed by atoms with Gasteiger partial charge in [0.1, 0.15) is 0 Å².